The lowest BCUT2D eigenvalue weighted by Gasteiger charge is -2.30. The number of nitrogens with zero attached hydrogens (tertiary/aromatic N) is 3. The Kier molecular flexibility index (Phi) is 6.35. The molecule has 7 rings (SSSR count). The van der Waals surface area contributed by atoms with Crippen molar-refractivity contribution < 1.29 is 18.4 Å². The van der Waals surface area contributed by atoms with Crippen molar-refractivity contribution in [3.05, 3.63) is 77.1 Å². The summed E-state index contributed by atoms with van der Waals surface area (Å²) in [5.74, 6) is -0.204. The molecule has 4 heterocycles. The standard InChI is InChI=1S/C33H32FN5O3/c1-18-24-9-7-22(33(41)38-12-2-3-23(35)17-38)15-29(24)42-30(18)28-14-21-8-11-27(37-32(21)39(28)16-19-4-5-19)20-6-10-25(31(36)40)26(34)13-20/h6-11,13-15,19,23H,2-5,12,16-17,35H2,1H3,(H2,36,40). The molecule has 0 bridgehead atoms. The van der Waals surface area contributed by atoms with Gasteiger partial charge in [-0.05, 0) is 81.0 Å². The molecule has 2 amide bonds. The van der Waals surface area contributed by atoms with Gasteiger partial charge in [0.25, 0.3) is 11.8 Å². The van der Waals surface area contributed by atoms with Crippen molar-refractivity contribution in [1.82, 2.24) is 14.5 Å². The molecule has 8 nitrogen and oxygen atoms in total. The van der Waals surface area contributed by atoms with Crippen LogP contribution in [0.3, 0.4) is 0 Å². The number of piperidine rings is 1. The molecule has 0 radical (unpaired) electrons. The lowest BCUT2D eigenvalue weighted by molar-refractivity contribution is 0.0708. The number of fused-ring (bicyclic) bond motifs is 2. The Morgan fingerprint density at radius 2 is 1.90 bits per heavy atom. The third-order valence-corrected chi connectivity index (χ3v) is 8.57. The Morgan fingerprint density at radius 3 is 2.64 bits per heavy atom. The van der Waals surface area contributed by atoms with E-state index in [0.29, 0.717) is 41.4 Å². The second kappa shape index (κ2) is 10.1. The van der Waals surface area contributed by atoms with Gasteiger partial charge in [-0.15, -0.1) is 0 Å². The van der Waals surface area contributed by atoms with Crippen LogP contribution in [-0.2, 0) is 6.54 Å². The molecule has 1 atom stereocenters. The first kappa shape index (κ1) is 26.4. The number of hydrogen-bond acceptors (Lipinski definition) is 5. The number of nitrogens with two attached hydrogens (primary N) is 2. The fraction of sp³-hybridized carbons (Fsp3) is 0.303. The van der Waals surface area contributed by atoms with Gasteiger partial charge < -0.3 is 25.4 Å². The second-order valence-electron chi connectivity index (χ2n) is 11.7. The molecule has 42 heavy (non-hydrogen) atoms. The summed E-state index contributed by atoms with van der Waals surface area (Å²) in [5, 5.41) is 1.90. The van der Waals surface area contributed by atoms with E-state index in [1.165, 1.54) is 12.1 Å². The molecule has 5 aromatic rings. The summed E-state index contributed by atoms with van der Waals surface area (Å²) in [5.41, 5.74) is 16.4. The quantitative estimate of drug-likeness (QED) is 0.276. The number of likely N-dealkylation sites (tertiary alicyclic amines) is 1. The smallest absolute Gasteiger partial charge is 0.254 e. The minimum absolute atomic E-state index is 0.0138. The van der Waals surface area contributed by atoms with Gasteiger partial charge in [-0.2, -0.15) is 0 Å². The van der Waals surface area contributed by atoms with Gasteiger partial charge in [0.2, 0.25) is 0 Å². The Labute approximate surface area is 242 Å². The lowest BCUT2D eigenvalue weighted by atomic mass is 10.0. The van der Waals surface area contributed by atoms with Gasteiger partial charge in [0.15, 0.2) is 5.76 Å². The maximum absolute atomic E-state index is 14.6. The number of halogens is 1. The van der Waals surface area contributed by atoms with Crippen LogP contribution in [-0.4, -0.2) is 45.4 Å². The molecule has 2 aromatic carbocycles. The third-order valence-electron chi connectivity index (χ3n) is 8.57. The largest absolute Gasteiger partial charge is 0.454 e. The Balaban J connectivity index is 1.30. The summed E-state index contributed by atoms with van der Waals surface area (Å²) in [7, 11) is 0. The molecule has 9 heteroatoms. The number of aryl methyl sites for hydroxylation is 1. The fourth-order valence-electron chi connectivity index (χ4n) is 6.07. The van der Waals surface area contributed by atoms with Crippen molar-refractivity contribution in [3.63, 3.8) is 0 Å². The first-order chi connectivity index (χ1) is 20.3. The zero-order chi connectivity index (χ0) is 29.1. The van der Waals surface area contributed by atoms with E-state index in [0.717, 1.165) is 65.7 Å². The summed E-state index contributed by atoms with van der Waals surface area (Å²) in [6.45, 7) is 4.11. The van der Waals surface area contributed by atoms with Gasteiger partial charge in [0.05, 0.1) is 17.0 Å². The SMILES string of the molecule is Cc1c(-c2cc3ccc(-c4ccc(C(N)=O)c(F)c4)nc3n2CC2CC2)oc2cc(C(=O)N3CCCC(N)C3)ccc12. The van der Waals surface area contributed by atoms with Crippen LogP contribution in [0.2, 0.25) is 0 Å². The summed E-state index contributed by atoms with van der Waals surface area (Å²) in [4.78, 5) is 31.5. The van der Waals surface area contributed by atoms with Crippen LogP contribution in [0.5, 0.6) is 0 Å². The molecule has 1 aliphatic heterocycles. The average Bonchev–Trinajstić information content (AvgIpc) is 3.66. The summed E-state index contributed by atoms with van der Waals surface area (Å²) in [6.07, 6.45) is 4.16. The topological polar surface area (TPSA) is 120 Å². The maximum Gasteiger partial charge on any atom is 0.254 e. The normalized spacial score (nSPS) is 17.3. The van der Waals surface area contributed by atoms with Gasteiger partial charge in [-0.3, -0.25) is 9.59 Å². The van der Waals surface area contributed by atoms with Crippen molar-refractivity contribution >= 4 is 33.8 Å². The number of amides is 2. The van der Waals surface area contributed by atoms with E-state index < -0.39 is 11.7 Å². The van der Waals surface area contributed by atoms with E-state index >= 15 is 0 Å². The molecule has 4 N–H and O–H groups in total. The van der Waals surface area contributed by atoms with E-state index in [2.05, 4.69) is 10.6 Å². The van der Waals surface area contributed by atoms with E-state index in [4.69, 9.17) is 20.9 Å². The first-order valence-corrected chi connectivity index (χ1v) is 14.4. The van der Waals surface area contributed by atoms with E-state index in [-0.39, 0.29) is 17.5 Å². The van der Waals surface area contributed by atoms with Gasteiger partial charge in [-0.25, -0.2) is 9.37 Å². The van der Waals surface area contributed by atoms with E-state index in [1.807, 2.05) is 42.2 Å². The maximum atomic E-state index is 14.6. The first-order valence-electron chi connectivity index (χ1n) is 14.4. The molecule has 1 saturated heterocycles. The molecule has 1 aliphatic carbocycles. The molecular weight excluding hydrogens is 533 g/mol. The summed E-state index contributed by atoms with van der Waals surface area (Å²) >= 11 is 0. The number of carbonyl (C=O) groups is 2. The average molecular weight is 566 g/mol. The van der Waals surface area contributed by atoms with Crippen molar-refractivity contribution in [3.8, 4) is 22.7 Å². The molecule has 3 aromatic heterocycles. The minimum Gasteiger partial charge on any atom is -0.454 e. The molecule has 214 valence electrons. The Morgan fingerprint density at radius 1 is 1.07 bits per heavy atom. The van der Waals surface area contributed by atoms with Crippen LogP contribution >= 0.6 is 0 Å². The highest BCUT2D eigenvalue weighted by Crippen LogP contribution is 2.40. The lowest BCUT2D eigenvalue weighted by Crippen LogP contribution is -2.45. The monoisotopic (exact) mass is 565 g/mol. The predicted octanol–water partition coefficient (Wildman–Crippen LogP) is 5.64. The molecule has 1 unspecified atom stereocenters. The molecule has 2 fully saturated rings. The number of hydrogen-bond donors (Lipinski definition) is 2. The number of carbonyl (C=O) groups excluding carboxylic acids is 2. The number of furan rings is 1. The number of benzene rings is 2. The molecule has 1 saturated carbocycles. The number of primary amides is 1. The number of rotatable bonds is 6. The van der Waals surface area contributed by atoms with Crippen molar-refractivity contribution in [2.24, 2.45) is 17.4 Å². The Bertz CT molecular complexity index is 1890. The highest BCUT2D eigenvalue weighted by atomic mass is 19.1. The minimum atomic E-state index is -0.807. The van der Waals surface area contributed by atoms with Crippen LogP contribution in [0.4, 0.5) is 4.39 Å². The second-order valence-corrected chi connectivity index (χ2v) is 11.7. The molecule has 2 aliphatic rings. The summed E-state index contributed by atoms with van der Waals surface area (Å²) < 4.78 is 23.2. The summed E-state index contributed by atoms with van der Waals surface area (Å²) in [6, 6.07) is 15.9. The van der Waals surface area contributed by atoms with Gasteiger partial charge >= 0.3 is 0 Å². The van der Waals surface area contributed by atoms with E-state index in [9.17, 15) is 14.0 Å². The highest BCUT2D eigenvalue weighted by molar-refractivity contribution is 5.99. The Hall–Kier alpha value is -4.50. The highest BCUT2D eigenvalue weighted by Gasteiger charge is 2.28. The van der Waals surface area contributed by atoms with E-state index in [1.54, 1.807) is 6.07 Å². The van der Waals surface area contributed by atoms with Crippen molar-refractivity contribution in [2.75, 3.05) is 13.1 Å². The van der Waals surface area contributed by atoms with Crippen molar-refractivity contribution in [1.29, 1.82) is 0 Å². The molecular formula is C33H32FN5O3. The van der Waals surface area contributed by atoms with Gasteiger partial charge in [0.1, 0.15) is 17.0 Å². The number of aromatic nitrogens is 2. The third kappa shape index (κ3) is 4.63. The fourth-order valence-corrected chi connectivity index (χ4v) is 6.07. The molecule has 0 spiro atoms. The van der Waals surface area contributed by atoms with Gasteiger partial charge in [0, 0.05) is 53.1 Å². The van der Waals surface area contributed by atoms with Crippen LogP contribution in [0, 0.1) is 18.7 Å². The zero-order valence-electron chi connectivity index (χ0n) is 23.4. The zero-order valence-corrected chi connectivity index (χ0v) is 23.4. The number of pyridine rings is 1. The predicted molar refractivity (Wildman–Crippen MR) is 159 cm³/mol. The van der Waals surface area contributed by atoms with Crippen LogP contribution in [0.25, 0.3) is 44.7 Å². The van der Waals surface area contributed by atoms with Crippen LogP contribution in [0.15, 0.2) is 59.0 Å². The van der Waals surface area contributed by atoms with Crippen LogP contribution in [0.1, 0.15) is 52.0 Å². The van der Waals surface area contributed by atoms with Crippen molar-refractivity contribution in [2.45, 2.75) is 45.2 Å². The van der Waals surface area contributed by atoms with Crippen LogP contribution < -0.4 is 11.5 Å². The van der Waals surface area contributed by atoms with Gasteiger partial charge in [-0.1, -0.05) is 12.1 Å².